The van der Waals surface area contributed by atoms with Gasteiger partial charge in [-0.3, -0.25) is 0 Å². The molecule has 3 rings (SSSR count). The molecule has 0 unspecified atom stereocenters. The lowest BCUT2D eigenvalue weighted by Crippen LogP contribution is -2.35. The number of para-hydroxylation sites is 2. The average Bonchev–Trinajstić information content (AvgIpc) is 2.99. The maximum absolute atomic E-state index is 6.00. The number of aromatic nitrogens is 1. The van der Waals surface area contributed by atoms with E-state index in [-0.39, 0.29) is 0 Å². The van der Waals surface area contributed by atoms with Crippen molar-refractivity contribution in [3.05, 3.63) is 71.6 Å². The highest BCUT2D eigenvalue weighted by Crippen LogP contribution is 2.30. The highest BCUT2D eigenvalue weighted by atomic mass is 35.5. The molecule has 0 atom stereocenters. The monoisotopic (exact) mass is 357 g/mol. The second-order valence-corrected chi connectivity index (χ2v) is 6.45. The van der Waals surface area contributed by atoms with Gasteiger partial charge in [0, 0.05) is 16.0 Å². The van der Waals surface area contributed by atoms with Crippen LogP contribution >= 0.6 is 22.9 Å². The summed E-state index contributed by atoms with van der Waals surface area (Å²) in [5, 5.41) is 7.34. The second kappa shape index (κ2) is 7.51. The van der Waals surface area contributed by atoms with Gasteiger partial charge in [0.2, 0.25) is 0 Å². The van der Waals surface area contributed by atoms with Crippen LogP contribution in [0.15, 0.2) is 66.6 Å². The van der Waals surface area contributed by atoms with Gasteiger partial charge in [-0.05, 0) is 36.4 Å². The quantitative estimate of drug-likeness (QED) is 0.478. The Morgan fingerprint density at radius 2 is 1.96 bits per heavy atom. The van der Waals surface area contributed by atoms with Gasteiger partial charge in [-0.1, -0.05) is 47.7 Å². The zero-order valence-electron chi connectivity index (χ0n) is 13.3. The number of hydrogen-bond donors (Lipinski definition) is 1. The maximum Gasteiger partial charge on any atom is 0.339 e. The molecular weight excluding hydrogens is 340 g/mol. The first-order valence-corrected chi connectivity index (χ1v) is 8.77. The number of nitrogens with zero attached hydrogens (tertiary/aromatic N) is 1. The van der Waals surface area contributed by atoms with Crippen molar-refractivity contribution < 1.29 is 9.30 Å². The van der Waals surface area contributed by atoms with Gasteiger partial charge in [-0.2, -0.15) is 0 Å². The summed E-state index contributed by atoms with van der Waals surface area (Å²) in [5.41, 5.74) is 3.17. The van der Waals surface area contributed by atoms with Gasteiger partial charge in [0.15, 0.2) is 11.4 Å². The van der Waals surface area contributed by atoms with Crippen molar-refractivity contribution in [2.75, 3.05) is 12.4 Å². The number of nitrogens with one attached hydrogen (secondary N) is 1. The molecule has 122 valence electrons. The Bertz CT molecular complexity index is 843. The highest BCUT2D eigenvalue weighted by Gasteiger charge is 2.20. The molecule has 0 radical (unpaired) electrons. The topological polar surface area (TPSA) is 25.1 Å². The zero-order chi connectivity index (χ0) is 16.9. The van der Waals surface area contributed by atoms with Crippen molar-refractivity contribution in [1.29, 1.82) is 0 Å². The summed E-state index contributed by atoms with van der Waals surface area (Å²) in [7, 11) is 1.67. The first-order chi connectivity index (χ1) is 11.7. The van der Waals surface area contributed by atoms with Crippen LogP contribution in [0, 0.1) is 0 Å². The summed E-state index contributed by atoms with van der Waals surface area (Å²) in [6, 6.07) is 15.7. The van der Waals surface area contributed by atoms with Gasteiger partial charge in [0.1, 0.15) is 12.2 Å². The minimum atomic E-state index is 0.707. The van der Waals surface area contributed by atoms with Crippen LogP contribution in [0.1, 0.15) is 0 Å². The van der Waals surface area contributed by atoms with E-state index < -0.39 is 0 Å². The van der Waals surface area contributed by atoms with Crippen molar-refractivity contribution in [3.63, 3.8) is 0 Å². The summed E-state index contributed by atoms with van der Waals surface area (Å²) in [4.78, 5) is 0. The van der Waals surface area contributed by atoms with Crippen LogP contribution in [0.3, 0.4) is 0 Å². The molecule has 0 spiro atoms. The molecule has 0 aliphatic heterocycles. The fourth-order valence-electron chi connectivity index (χ4n) is 2.46. The summed E-state index contributed by atoms with van der Waals surface area (Å²) in [6.07, 6.45) is 1.89. The molecule has 1 heterocycles. The fraction of sp³-hybridized carbons (Fsp3) is 0.105. The molecule has 2 aromatic carbocycles. The predicted molar refractivity (Wildman–Crippen MR) is 101 cm³/mol. The van der Waals surface area contributed by atoms with Gasteiger partial charge in [0.05, 0.1) is 7.11 Å². The third-order valence-electron chi connectivity index (χ3n) is 3.62. The van der Waals surface area contributed by atoms with Crippen LogP contribution in [0.2, 0.25) is 5.02 Å². The standard InChI is InChI=1S/C19H17ClN2OS/c1-3-12-22-17(14-8-10-15(20)11-9-14)13-24-19(22)21-16-6-4-5-7-18(16)23-2/h3-11,13H,1,12H2,2H3/p+1. The van der Waals surface area contributed by atoms with Crippen molar-refractivity contribution in [1.82, 2.24) is 0 Å². The van der Waals surface area contributed by atoms with Crippen molar-refractivity contribution >= 4 is 33.8 Å². The van der Waals surface area contributed by atoms with Crippen LogP contribution < -0.4 is 14.6 Å². The molecule has 0 aliphatic carbocycles. The lowest BCUT2D eigenvalue weighted by Gasteiger charge is -2.07. The number of benzene rings is 2. The van der Waals surface area contributed by atoms with Crippen LogP contribution in [0.25, 0.3) is 11.3 Å². The van der Waals surface area contributed by atoms with E-state index in [0.717, 1.165) is 32.8 Å². The summed E-state index contributed by atoms with van der Waals surface area (Å²) >= 11 is 7.64. The number of halogens is 1. The van der Waals surface area contributed by atoms with Gasteiger partial charge in [-0.15, -0.1) is 0 Å². The number of allylic oxidation sites excluding steroid dienone is 1. The molecule has 0 bridgehead atoms. The molecular formula is C19H18ClN2OS+. The number of rotatable bonds is 6. The van der Waals surface area contributed by atoms with Crippen molar-refractivity contribution in [2.45, 2.75) is 6.54 Å². The van der Waals surface area contributed by atoms with Gasteiger partial charge >= 0.3 is 5.13 Å². The Morgan fingerprint density at radius 1 is 1.21 bits per heavy atom. The minimum absolute atomic E-state index is 0.707. The normalized spacial score (nSPS) is 10.4. The molecule has 24 heavy (non-hydrogen) atoms. The van der Waals surface area contributed by atoms with Crippen LogP contribution in [0.5, 0.6) is 5.75 Å². The molecule has 0 fully saturated rings. The lowest BCUT2D eigenvalue weighted by atomic mass is 10.2. The summed E-state index contributed by atoms with van der Waals surface area (Å²) in [5.74, 6) is 0.809. The Balaban J connectivity index is 1.99. The minimum Gasteiger partial charge on any atom is -0.492 e. The average molecular weight is 358 g/mol. The van der Waals surface area contributed by atoms with Crippen molar-refractivity contribution in [2.24, 2.45) is 0 Å². The number of thiazole rings is 1. The first-order valence-electron chi connectivity index (χ1n) is 7.51. The number of anilines is 2. The Kier molecular flexibility index (Phi) is 5.18. The SMILES string of the molecule is C=CC[n+]1c(-c2ccc(Cl)cc2)csc1Nc1ccccc1OC. The fourth-order valence-corrected chi connectivity index (χ4v) is 3.54. The second-order valence-electron chi connectivity index (χ2n) is 5.16. The molecule has 0 aliphatic rings. The molecule has 3 nitrogen and oxygen atoms in total. The van der Waals surface area contributed by atoms with E-state index in [2.05, 4.69) is 21.8 Å². The summed E-state index contributed by atoms with van der Waals surface area (Å²) < 4.78 is 7.61. The van der Waals surface area contributed by atoms with Crippen LogP contribution in [0.4, 0.5) is 10.8 Å². The Morgan fingerprint density at radius 3 is 2.67 bits per heavy atom. The smallest absolute Gasteiger partial charge is 0.339 e. The van der Waals surface area contributed by atoms with E-state index in [1.165, 1.54) is 0 Å². The van der Waals surface area contributed by atoms with E-state index in [1.54, 1.807) is 18.4 Å². The van der Waals surface area contributed by atoms with Crippen molar-refractivity contribution in [3.8, 4) is 17.0 Å². The number of hydrogen-bond acceptors (Lipinski definition) is 3. The molecule has 0 saturated carbocycles. The summed E-state index contributed by atoms with van der Waals surface area (Å²) in [6.45, 7) is 4.58. The molecule has 0 saturated heterocycles. The molecule has 1 aromatic heterocycles. The largest absolute Gasteiger partial charge is 0.492 e. The van der Waals surface area contributed by atoms with Gasteiger partial charge in [-0.25, -0.2) is 9.88 Å². The van der Waals surface area contributed by atoms with E-state index in [0.29, 0.717) is 6.54 Å². The number of methoxy groups -OCH3 is 1. The van der Waals surface area contributed by atoms with Gasteiger partial charge < -0.3 is 4.74 Å². The maximum atomic E-state index is 6.00. The van der Waals surface area contributed by atoms with E-state index in [1.807, 2.05) is 54.6 Å². The Labute approximate surface area is 150 Å². The zero-order valence-corrected chi connectivity index (χ0v) is 14.9. The van der Waals surface area contributed by atoms with Crippen LogP contribution in [-0.4, -0.2) is 7.11 Å². The molecule has 0 amide bonds. The number of ether oxygens (including phenoxy) is 1. The first kappa shape index (κ1) is 16.6. The molecule has 5 heteroatoms. The lowest BCUT2D eigenvalue weighted by molar-refractivity contribution is -0.657. The van der Waals surface area contributed by atoms with Gasteiger partial charge in [0.25, 0.3) is 0 Å². The van der Waals surface area contributed by atoms with E-state index in [4.69, 9.17) is 16.3 Å². The third-order valence-corrected chi connectivity index (χ3v) is 4.76. The van der Waals surface area contributed by atoms with E-state index >= 15 is 0 Å². The Hall–Kier alpha value is -2.30. The van der Waals surface area contributed by atoms with E-state index in [9.17, 15) is 0 Å². The predicted octanol–water partition coefficient (Wildman–Crippen LogP) is 5.29. The highest BCUT2D eigenvalue weighted by molar-refractivity contribution is 7.13. The van der Waals surface area contributed by atoms with Crippen LogP contribution in [-0.2, 0) is 6.54 Å². The molecule has 1 N–H and O–H groups in total. The third kappa shape index (κ3) is 3.45. The molecule has 3 aromatic rings.